The number of carbonyl (C=O) groups excluding carboxylic acids is 2. The summed E-state index contributed by atoms with van der Waals surface area (Å²) in [6.07, 6.45) is 0.600. The van der Waals surface area contributed by atoms with Gasteiger partial charge in [0.05, 0.1) is 29.4 Å². The quantitative estimate of drug-likeness (QED) is 0.386. The van der Waals surface area contributed by atoms with Gasteiger partial charge in [-0.25, -0.2) is 4.79 Å². The third-order valence-corrected chi connectivity index (χ3v) is 5.73. The Morgan fingerprint density at radius 2 is 1.87 bits per heavy atom. The van der Waals surface area contributed by atoms with Gasteiger partial charge in [-0.2, -0.15) is 0 Å². The topological polar surface area (TPSA) is 70.4 Å². The second-order valence-electron chi connectivity index (χ2n) is 7.89. The monoisotopic (exact) mass is 422 g/mol. The van der Waals surface area contributed by atoms with E-state index >= 15 is 0 Å². The summed E-state index contributed by atoms with van der Waals surface area (Å²) in [7, 11) is 1.66. The first-order chi connectivity index (χ1) is 14.8. The zero-order chi connectivity index (χ0) is 22.7. The van der Waals surface area contributed by atoms with E-state index in [1.165, 1.54) is 0 Å². The summed E-state index contributed by atoms with van der Waals surface area (Å²) in [5.74, 6) is -0.732. The highest BCUT2D eigenvalue weighted by atomic mass is 16.5. The first-order valence-corrected chi connectivity index (χ1v) is 10.6. The number of carbonyl (C=O) groups is 2. The largest absolute Gasteiger partial charge is 0.454 e. The van der Waals surface area contributed by atoms with Crippen LogP contribution in [0.2, 0.25) is 0 Å². The molecule has 0 aliphatic rings. The minimum Gasteiger partial charge on any atom is -0.454 e. The highest BCUT2D eigenvalue weighted by molar-refractivity contribution is 6.02. The van der Waals surface area contributed by atoms with Gasteiger partial charge >= 0.3 is 5.97 Å². The van der Waals surface area contributed by atoms with Gasteiger partial charge in [0.15, 0.2) is 6.61 Å². The van der Waals surface area contributed by atoms with Gasteiger partial charge in [0.1, 0.15) is 0 Å². The van der Waals surface area contributed by atoms with Crippen LogP contribution in [0.5, 0.6) is 0 Å². The normalized spacial score (nSPS) is 12.2. The van der Waals surface area contributed by atoms with E-state index < -0.39 is 5.97 Å². The molecular formula is C25H30N2O4. The molecule has 0 aliphatic heterocycles. The standard InChI is InChI=1S/C25H30N2O4/c1-7-21-24(17(4)19-10-8-9-11-22(19)26-21)25(29)31-14-23(28)20-12-15(2)27(18(20)5)16(3)13-30-6/h8-12,16H,7,13-14H2,1-6H3/t16-/m1/s1. The number of rotatable bonds is 8. The van der Waals surface area contributed by atoms with Crippen LogP contribution in [0.25, 0.3) is 10.9 Å². The number of hydrogen-bond donors (Lipinski definition) is 0. The molecule has 1 atom stereocenters. The van der Waals surface area contributed by atoms with E-state index in [4.69, 9.17) is 9.47 Å². The number of pyridine rings is 1. The van der Waals surface area contributed by atoms with Crippen molar-refractivity contribution in [2.75, 3.05) is 20.3 Å². The molecule has 6 nitrogen and oxygen atoms in total. The molecule has 3 aromatic rings. The second-order valence-corrected chi connectivity index (χ2v) is 7.89. The Morgan fingerprint density at radius 1 is 1.16 bits per heavy atom. The van der Waals surface area contributed by atoms with Crippen molar-refractivity contribution in [3.63, 3.8) is 0 Å². The molecule has 0 bridgehead atoms. The summed E-state index contributed by atoms with van der Waals surface area (Å²) in [4.78, 5) is 30.4. The van der Waals surface area contributed by atoms with E-state index in [9.17, 15) is 9.59 Å². The third-order valence-electron chi connectivity index (χ3n) is 5.73. The maximum atomic E-state index is 12.9. The fraction of sp³-hybridized carbons (Fsp3) is 0.400. The van der Waals surface area contributed by atoms with Crippen LogP contribution in [0.4, 0.5) is 0 Å². The highest BCUT2D eigenvalue weighted by Gasteiger charge is 2.23. The van der Waals surface area contributed by atoms with Crippen molar-refractivity contribution in [2.24, 2.45) is 0 Å². The summed E-state index contributed by atoms with van der Waals surface area (Å²) in [6, 6.07) is 9.66. The molecule has 6 heteroatoms. The highest BCUT2D eigenvalue weighted by Crippen LogP contribution is 2.25. The van der Waals surface area contributed by atoms with Crippen LogP contribution in [-0.2, 0) is 15.9 Å². The molecule has 0 spiro atoms. The molecular weight excluding hydrogens is 392 g/mol. The van der Waals surface area contributed by atoms with Crippen molar-refractivity contribution in [2.45, 2.75) is 47.1 Å². The van der Waals surface area contributed by atoms with Crippen LogP contribution in [0.3, 0.4) is 0 Å². The summed E-state index contributed by atoms with van der Waals surface area (Å²) in [6.45, 7) is 9.99. The number of ketones is 1. The molecule has 0 saturated carbocycles. The fourth-order valence-electron chi connectivity index (χ4n) is 4.30. The average Bonchev–Trinajstić information content (AvgIpc) is 3.05. The molecule has 0 N–H and O–H groups in total. The smallest absolute Gasteiger partial charge is 0.340 e. The second kappa shape index (κ2) is 9.43. The minimum absolute atomic E-state index is 0.104. The van der Waals surface area contributed by atoms with Crippen molar-refractivity contribution in [1.82, 2.24) is 9.55 Å². The number of aryl methyl sites for hydroxylation is 3. The zero-order valence-electron chi connectivity index (χ0n) is 19.1. The molecule has 3 rings (SSSR count). The predicted molar refractivity (Wildman–Crippen MR) is 121 cm³/mol. The first-order valence-electron chi connectivity index (χ1n) is 10.6. The van der Waals surface area contributed by atoms with E-state index in [1.807, 2.05) is 65.0 Å². The van der Waals surface area contributed by atoms with Crippen molar-refractivity contribution in [3.05, 3.63) is 64.1 Å². The number of benzene rings is 1. The number of methoxy groups -OCH3 is 1. The molecule has 1 aromatic carbocycles. The number of fused-ring (bicyclic) bond motifs is 1. The first kappa shape index (κ1) is 22.7. The lowest BCUT2D eigenvalue weighted by atomic mass is 10.0. The van der Waals surface area contributed by atoms with Crippen LogP contribution in [0.1, 0.15) is 63.3 Å². The number of nitrogens with zero attached hydrogens (tertiary/aromatic N) is 2. The summed E-state index contributed by atoms with van der Waals surface area (Å²) in [5.41, 5.74) is 5.19. The summed E-state index contributed by atoms with van der Waals surface area (Å²) < 4.78 is 12.8. The lowest BCUT2D eigenvalue weighted by Crippen LogP contribution is -2.18. The average molecular weight is 423 g/mol. The number of hydrogen-bond acceptors (Lipinski definition) is 5. The molecule has 0 unspecified atom stereocenters. The van der Waals surface area contributed by atoms with Crippen LogP contribution < -0.4 is 0 Å². The Morgan fingerprint density at radius 3 is 2.55 bits per heavy atom. The molecule has 0 radical (unpaired) electrons. The Labute approximate surface area is 183 Å². The molecule has 164 valence electrons. The van der Waals surface area contributed by atoms with E-state index in [1.54, 1.807) is 7.11 Å². The van der Waals surface area contributed by atoms with Crippen LogP contribution >= 0.6 is 0 Å². The maximum absolute atomic E-state index is 12.9. The van der Waals surface area contributed by atoms with Gasteiger partial charge < -0.3 is 14.0 Å². The lowest BCUT2D eigenvalue weighted by molar-refractivity contribution is 0.0472. The Bertz CT molecular complexity index is 1130. The molecule has 31 heavy (non-hydrogen) atoms. The number of aromatic nitrogens is 2. The minimum atomic E-state index is -0.512. The van der Waals surface area contributed by atoms with Crippen molar-refractivity contribution >= 4 is 22.7 Å². The predicted octanol–water partition coefficient (Wildman–Crippen LogP) is 4.77. The summed E-state index contributed by atoms with van der Waals surface area (Å²) >= 11 is 0. The van der Waals surface area contributed by atoms with Gasteiger partial charge in [0.2, 0.25) is 5.78 Å². The van der Waals surface area contributed by atoms with E-state index in [2.05, 4.69) is 9.55 Å². The van der Waals surface area contributed by atoms with Gasteiger partial charge in [0, 0.05) is 29.4 Å². The van der Waals surface area contributed by atoms with Crippen molar-refractivity contribution in [3.8, 4) is 0 Å². The van der Waals surface area contributed by atoms with E-state index in [0.717, 1.165) is 27.9 Å². The van der Waals surface area contributed by atoms with Crippen molar-refractivity contribution in [1.29, 1.82) is 0 Å². The van der Waals surface area contributed by atoms with E-state index in [0.29, 0.717) is 29.8 Å². The van der Waals surface area contributed by atoms with Crippen molar-refractivity contribution < 1.29 is 19.1 Å². The number of para-hydroxylation sites is 1. The maximum Gasteiger partial charge on any atom is 0.340 e. The van der Waals surface area contributed by atoms with Gasteiger partial charge in [0.25, 0.3) is 0 Å². The van der Waals surface area contributed by atoms with Crippen LogP contribution in [-0.4, -0.2) is 41.6 Å². The van der Waals surface area contributed by atoms with Gasteiger partial charge in [-0.3, -0.25) is 9.78 Å². The molecule has 0 amide bonds. The molecule has 0 aliphatic carbocycles. The van der Waals surface area contributed by atoms with Gasteiger partial charge in [-0.15, -0.1) is 0 Å². The molecule has 0 fully saturated rings. The number of ether oxygens (including phenoxy) is 2. The third kappa shape index (κ3) is 4.39. The number of esters is 1. The van der Waals surface area contributed by atoms with Gasteiger partial charge in [-0.1, -0.05) is 25.1 Å². The van der Waals surface area contributed by atoms with Crippen LogP contribution in [0, 0.1) is 20.8 Å². The lowest BCUT2D eigenvalue weighted by Gasteiger charge is -2.17. The summed E-state index contributed by atoms with van der Waals surface area (Å²) in [5, 5.41) is 0.911. The molecule has 2 aromatic heterocycles. The van der Waals surface area contributed by atoms with E-state index in [-0.39, 0.29) is 18.4 Å². The van der Waals surface area contributed by atoms with Crippen LogP contribution in [0.15, 0.2) is 30.3 Å². The molecule has 2 heterocycles. The molecule has 0 saturated heterocycles. The fourth-order valence-corrected chi connectivity index (χ4v) is 4.30. The Balaban J connectivity index is 1.83. The zero-order valence-corrected chi connectivity index (χ0v) is 19.1. The Hall–Kier alpha value is -2.99. The van der Waals surface area contributed by atoms with Gasteiger partial charge in [-0.05, 0) is 51.8 Å². The Kier molecular flexibility index (Phi) is 6.91. The number of Topliss-reactive ketones (excluding diaryl/α,β-unsaturated/α-hetero) is 1. The SMILES string of the molecule is CCc1nc2ccccc2c(C)c1C(=O)OCC(=O)c1cc(C)n([C@H](C)COC)c1C.